The summed E-state index contributed by atoms with van der Waals surface area (Å²) >= 11 is 6.72. The van der Waals surface area contributed by atoms with E-state index in [0.29, 0.717) is 10.7 Å². The molecule has 0 aliphatic carbocycles. The second-order valence-electron chi connectivity index (χ2n) is 4.96. The summed E-state index contributed by atoms with van der Waals surface area (Å²) in [7, 11) is 0. The number of rotatable bonds is 6. The van der Waals surface area contributed by atoms with E-state index in [9.17, 15) is 18.4 Å². The lowest BCUT2D eigenvalue weighted by Gasteiger charge is -2.14. The van der Waals surface area contributed by atoms with Gasteiger partial charge in [-0.25, -0.2) is 8.78 Å². The Bertz CT molecular complexity index is 788. The third kappa shape index (κ3) is 5.72. The summed E-state index contributed by atoms with van der Waals surface area (Å²) in [5.41, 5.74) is 0.397. The van der Waals surface area contributed by atoms with Crippen molar-refractivity contribution in [3.05, 3.63) is 59.1 Å². The lowest BCUT2D eigenvalue weighted by Crippen LogP contribution is -2.30. The molecule has 2 rings (SSSR count). The van der Waals surface area contributed by atoms with E-state index < -0.39 is 29.6 Å². The number of carbonyl (C=O) groups is 2. The van der Waals surface area contributed by atoms with Crippen molar-refractivity contribution in [3.8, 4) is 0 Å². The lowest BCUT2D eigenvalue weighted by atomic mass is 10.3. The Morgan fingerprint density at radius 2 is 1.96 bits per heavy atom. The first-order valence-corrected chi connectivity index (χ1v) is 8.56. The van der Waals surface area contributed by atoms with Crippen LogP contribution in [0.1, 0.15) is 6.92 Å². The molecule has 0 bridgehead atoms. The van der Waals surface area contributed by atoms with Gasteiger partial charge in [0, 0.05) is 4.90 Å². The van der Waals surface area contributed by atoms with E-state index in [-0.39, 0.29) is 10.6 Å². The zero-order valence-corrected chi connectivity index (χ0v) is 14.7. The van der Waals surface area contributed by atoms with Crippen LogP contribution in [-0.4, -0.2) is 23.7 Å². The average molecular weight is 386 g/mol. The number of halogens is 3. The van der Waals surface area contributed by atoms with Crippen LogP contribution >= 0.6 is 23.4 Å². The van der Waals surface area contributed by atoms with Crippen molar-refractivity contribution in [3.63, 3.8) is 0 Å². The van der Waals surface area contributed by atoms with E-state index in [4.69, 9.17) is 16.3 Å². The standard InChI is InChI=1S/C17H14ClF2NO3S/c1-10(17(23)21-14-5-3-2-4-12(14)18)24-16(22)9-25-15-8-11(19)6-7-13(15)20/h2-8,10H,9H2,1H3,(H,21,23)/t10-/m1/s1. The molecule has 0 aromatic heterocycles. The molecule has 1 atom stereocenters. The Balaban J connectivity index is 1.86. The molecule has 8 heteroatoms. The number of carbonyl (C=O) groups excluding carboxylic acids is 2. The van der Waals surface area contributed by atoms with Gasteiger partial charge in [-0.2, -0.15) is 0 Å². The topological polar surface area (TPSA) is 55.4 Å². The van der Waals surface area contributed by atoms with Gasteiger partial charge in [-0.1, -0.05) is 23.7 Å². The van der Waals surface area contributed by atoms with Crippen molar-refractivity contribution >= 4 is 40.9 Å². The van der Waals surface area contributed by atoms with E-state index in [2.05, 4.69) is 5.32 Å². The monoisotopic (exact) mass is 385 g/mol. The predicted molar refractivity (Wildman–Crippen MR) is 92.7 cm³/mol. The summed E-state index contributed by atoms with van der Waals surface area (Å²) in [6.07, 6.45) is -1.07. The second kappa shape index (κ2) is 8.82. The minimum absolute atomic E-state index is 0.00915. The number of hydrogen-bond acceptors (Lipinski definition) is 4. The highest BCUT2D eigenvalue weighted by Crippen LogP contribution is 2.23. The van der Waals surface area contributed by atoms with Gasteiger partial charge in [0.15, 0.2) is 6.10 Å². The molecule has 0 unspecified atom stereocenters. The molecule has 1 N–H and O–H groups in total. The maximum atomic E-state index is 13.5. The molecule has 1 amide bonds. The second-order valence-corrected chi connectivity index (χ2v) is 6.39. The quantitative estimate of drug-likeness (QED) is 0.595. The van der Waals surface area contributed by atoms with E-state index in [1.807, 2.05) is 0 Å². The van der Waals surface area contributed by atoms with Crippen LogP contribution in [0.2, 0.25) is 5.02 Å². The third-order valence-electron chi connectivity index (χ3n) is 3.05. The number of amides is 1. The minimum Gasteiger partial charge on any atom is -0.452 e. The van der Waals surface area contributed by atoms with E-state index >= 15 is 0 Å². The Morgan fingerprint density at radius 1 is 1.24 bits per heavy atom. The van der Waals surface area contributed by atoms with Gasteiger partial charge in [-0.05, 0) is 37.3 Å². The summed E-state index contributed by atoms with van der Waals surface area (Å²) < 4.78 is 31.5. The molecule has 0 fully saturated rings. The molecule has 132 valence electrons. The van der Waals surface area contributed by atoms with Gasteiger partial charge in [-0.15, -0.1) is 11.8 Å². The van der Waals surface area contributed by atoms with Crippen LogP contribution in [0, 0.1) is 11.6 Å². The number of para-hydroxylation sites is 1. The lowest BCUT2D eigenvalue weighted by molar-refractivity contribution is -0.150. The largest absolute Gasteiger partial charge is 0.452 e. The maximum Gasteiger partial charge on any atom is 0.317 e. The number of thioether (sulfide) groups is 1. The molecular formula is C17H14ClF2NO3S. The van der Waals surface area contributed by atoms with Crippen LogP contribution in [0.5, 0.6) is 0 Å². The Hall–Kier alpha value is -2.12. The fourth-order valence-corrected chi connectivity index (χ4v) is 2.73. The first-order valence-electron chi connectivity index (χ1n) is 7.19. The van der Waals surface area contributed by atoms with E-state index in [0.717, 1.165) is 30.0 Å². The normalized spacial score (nSPS) is 11.7. The summed E-state index contributed by atoms with van der Waals surface area (Å²) in [6, 6.07) is 9.57. The molecule has 2 aromatic carbocycles. The molecule has 0 radical (unpaired) electrons. The van der Waals surface area contributed by atoms with Crippen LogP contribution < -0.4 is 5.32 Å². The Kier molecular flexibility index (Phi) is 6.78. The molecule has 0 heterocycles. The molecule has 0 saturated heterocycles. The highest BCUT2D eigenvalue weighted by Gasteiger charge is 2.19. The molecule has 4 nitrogen and oxygen atoms in total. The Morgan fingerprint density at radius 3 is 2.68 bits per heavy atom. The molecule has 0 spiro atoms. The van der Waals surface area contributed by atoms with Gasteiger partial charge in [0.2, 0.25) is 0 Å². The zero-order chi connectivity index (χ0) is 18.4. The van der Waals surface area contributed by atoms with Crippen molar-refractivity contribution in [2.75, 3.05) is 11.1 Å². The number of hydrogen-bond donors (Lipinski definition) is 1. The summed E-state index contributed by atoms with van der Waals surface area (Å²) in [5.74, 6) is -2.78. The smallest absolute Gasteiger partial charge is 0.317 e. The summed E-state index contributed by atoms with van der Waals surface area (Å²) in [6.45, 7) is 1.40. The number of anilines is 1. The number of benzene rings is 2. The van der Waals surface area contributed by atoms with Crippen molar-refractivity contribution in [2.45, 2.75) is 17.9 Å². The van der Waals surface area contributed by atoms with E-state index in [1.165, 1.54) is 6.92 Å². The summed E-state index contributed by atoms with van der Waals surface area (Å²) in [4.78, 5) is 23.8. The van der Waals surface area contributed by atoms with Crippen molar-refractivity contribution in [1.29, 1.82) is 0 Å². The first kappa shape index (κ1) is 19.2. The van der Waals surface area contributed by atoms with Gasteiger partial charge in [-0.3, -0.25) is 9.59 Å². The maximum absolute atomic E-state index is 13.5. The number of esters is 1. The number of nitrogens with one attached hydrogen (secondary N) is 1. The van der Waals surface area contributed by atoms with Gasteiger partial charge in [0.05, 0.1) is 16.5 Å². The van der Waals surface area contributed by atoms with Gasteiger partial charge in [0.25, 0.3) is 5.91 Å². The van der Waals surface area contributed by atoms with Gasteiger partial charge in [0.1, 0.15) is 11.6 Å². The van der Waals surface area contributed by atoms with Crippen LogP contribution in [0.4, 0.5) is 14.5 Å². The molecule has 25 heavy (non-hydrogen) atoms. The Labute approximate surface area is 152 Å². The highest BCUT2D eigenvalue weighted by atomic mass is 35.5. The molecule has 2 aromatic rings. The SMILES string of the molecule is C[C@@H](OC(=O)CSc1cc(F)ccc1F)C(=O)Nc1ccccc1Cl. The zero-order valence-electron chi connectivity index (χ0n) is 13.1. The van der Waals surface area contributed by atoms with Crippen LogP contribution in [-0.2, 0) is 14.3 Å². The van der Waals surface area contributed by atoms with Crippen molar-refractivity contribution in [2.24, 2.45) is 0 Å². The van der Waals surface area contributed by atoms with Crippen LogP contribution in [0.3, 0.4) is 0 Å². The minimum atomic E-state index is -1.07. The fourth-order valence-electron chi connectivity index (χ4n) is 1.81. The highest BCUT2D eigenvalue weighted by molar-refractivity contribution is 8.00. The molecular weight excluding hydrogens is 372 g/mol. The molecule has 0 aliphatic heterocycles. The van der Waals surface area contributed by atoms with Crippen LogP contribution in [0.25, 0.3) is 0 Å². The third-order valence-corrected chi connectivity index (χ3v) is 4.38. The van der Waals surface area contributed by atoms with Crippen molar-refractivity contribution < 1.29 is 23.1 Å². The molecule has 0 aliphatic rings. The van der Waals surface area contributed by atoms with Gasteiger partial charge < -0.3 is 10.1 Å². The van der Waals surface area contributed by atoms with Crippen LogP contribution in [0.15, 0.2) is 47.4 Å². The van der Waals surface area contributed by atoms with Gasteiger partial charge >= 0.3 is 5.97 Å². The fraction of sp³-hybridized carbons (Fsp3) is 0.176. The predicted octanol–water partition coefficient (Wildman–Crippen LogP) is 4.28. The average Bonchev–Trinajstić information content (AvgIpc) is 2.57. The summed E-state index contributed by atoms with van der Waals surface area (Å²) in [5, 5.41) is 2.89. The van der Waals surface area contributed by atoms with E-state index in [1.54, 1.807) is 24.3 Å². The molecule has 0 saturated carbocycles. The first-order chi connectivity index (χ1) is 11.9. The number of ether oxygens (including phenoxy) is 1. The van der Waals surface area contributed by atoms with Crippen molar-refractivity contribution in [1.82, 2.24) is 0 Å².